The van der Waals surface area contributed by atoms with E-state index >= 15 is 0 Å². The summed E-state index contributed by atoms with van der Waals surface area (Å²) < 4.78 is 1.95. The summed E-state index contributed by atoms with van der Waals surface area (Å²) in [6.45, 7) is 9.61. The summed E-state index contributed by atoms with van der Waals surface area (Å²) in [7, 11) is 2.05. The number of aromatic nitrogens is 3. The van der Waals surface area contributed by atoms with Gasteiger partial charge in [0.05, 0.1) is 17.4 Å². The Bertz CT molecular complexity index is 379. The number of rotatable bonds is 3. The number of nitrogens with one attached hydrogen (secondary N) is 1. The largest absolute Gasteiger partial charge is 0.316 e. The molecule has 1 aromatic rings. The Hall–Kier alpha value is -0.940. The number of likely N-dealkylation sites (N-methyl/N-ethyl adjacent to an activating group) is 1. The van der Waals surface area contributed by atoms with Crippen LogP contribution in [0.1, 0.15) is 39.3 Å². The molecule has 1 aliphatic rings. The molecule has 0 aliphatic carbocycles. The molecule has 0 spiro atoms. The molecule has 1 aliphatic heterocycles. The third kappa shape index (κ3) is 3.29. The van der Waals surface area contributed by atoms with Gasteiger partial charge < -0.3 is 5.32 Å². The van der Waals surface area contributed by atoms with Gasteiger partial charge >= 0.3 is 0 Å². The summed E-state index contributed by atoms with van der Waals surface area (Å²) in [6.07, 6.45) is 4.61. The first-order chi connectivity index (χ1) is 8.49. The number of likely N-dealkylation sites (tertiary alicyclic amines) is 1. The highest BCUT2D eigenvalue weighted by Crippen LogP contribution is 2.15. The van der Waals surface area contributed by atoms with Gasteiger partial charge in [0.1, 0.15) is 0 Å². The van der Waals surface area contributed by atoms with E-state index in [-0.39, 0.29) is 5.54 Å². The molecular formula is C13H25N5. The van der Waals surface area contributed by atoms with E-state index in [4.69, 9.17) is 0 Å². The Morgan fingerprint density at radius 2 is 2.22 bits per heavy atom. The standard InChI is InChI=1S/C13H25N5/c1-13(2,3)18-10-12(15-16-18)9-17-7-5-6-11(8-17)14-4/h10-11,14H,5-9H2,1-4H3. The van der Waals surface area contributed by atoms with Crippen molar-refractivity contribution in [3.8, 4) is 0 Å². The zero-order valence-electron chi connectivity index (χ0n) is 12.0. The van der Waals surface area contributed by atoms with Crippen molar-refractivity contribution in [2.45, 2.75) is 51.7 Å². The van der Waals surface area contributed by atoms with Crippen LogP contribution in [0.3, 0.4) is 0 Å². The first kappa shape index (κ1) is 13.5. The molecule has 1 unspecified atom stereocenters. The summed E-state index contributed by atoms with van der Waals surface area (Å²) in [5, 5.41) is 11.9. The molecule has 0 bridgehead atoms. The Labute approximate surface area is 110 Å². The third-order valence-electron chi connectivity index (χ3n) is 3.53. The van der Waals surface area contributed by atoms with Gasteiger partial charge in [-0.2, -0.15) is 0 Å². The van der Waals surface area contributed by atoms with Gasteiger partial charge in [0.2, 0.25) is 0 Å². The quantitative estimate of drug-likeness (QED) is 0.877. The van der Waals surface area contributed by atoms with Crippen LogP contribution in [0.5, 0.6) is 0 Å². The summed E-state index contributed by atoms with van der Waals surface area (Å²) in [4.78, 5) is 2.46. The van der Waals surface area contributed by atoms with Crippen molar-refractivity contribution >= 4 is 0 Å². The van der Waals surface area contributed by atoms with E-state index < -0.39 is 0 Å². The fourth-order valence-corrected chi connectivity index (χ4v) is 2.36. The van der Waals surface area contributed by atoms with Gasteiger partial charge in [-0.15, -0.1) is 5.10 Å². The molecule has 1 aromatic heterocycles. The summed E-state index contributed by atoms with van der Waals surface area (Å²) >= 11 is 0. The molecule has 1 saturated heterocycles. The van der Waals surface area contributed by atoms with Crippen molar-refractivity contribution in [2.75, 3.05) is 20.1 Å². The molecule has 18 heavy (non-hydrogen) atoms. The summed E-state index contributed by atoms with van der Waals surface area (Å²) in [6, 6.07) is 0.622. The maximum absolute atomic E-state index is 4.28. The second-order valence-corrected chi connectivity index (χ2v) is 6.19. The molecule has 2 rings (SSSR count). The van der Waals surface area contributed by atoms with Crippen molar-refractivity contribution in [3.05, 3.63) is 11.9 Å². The highest BCUT2D eigenvalue weighted by molar-refractivity contribution is 4.95. The lowest BCUT2D eigenvalue weighted by molar-refractivity contribution is 0.186. The highest BCUT2D eigenvalue weighted by Gasteiger charge is 2.20. The van der Waals surface area contributed by atoms with Crippen molar-refractivity contribution < 1.29 is 0 Å². The fraction of sp³-hybridized carbons (Fsp3) is 0.846. The van der Waals surface area contributed by atoms with Gasteiger partial charge in [0.25, 0.3) is 0 Å². The second-order valence-electron chi connectivity index (χ2n) is 6.19. The fourth-order valence-electron chi connectivity index (χ4n) is 2.36. The van der Waals surface area contributed by atoms with Crippen LogP contribution in [-0.2, 0) is 12.1 Å². The molecule has 0 amide bonds. The maximum Gasteiger partial charge on any atom is 0.0967 e. The van der Waals surface area contributed by atoms with E-state index in [1.807, 2.05) is 11.7 Å². The van der Waals surface area contributed by atoms with Crippen LogP contribution in [0, 0.1) is 0 Å². The molecular weight excluding hydrogens is 226 g/mol. The molecule has 1 N–H and O–H groups in total. The van der Waals surface area contributed by atoms with Crippen molar-refractivity contribution in [2.24, 2.45) is 0 Å². The molecule has 5 heteroatoms. The Morgan fingerprint density at radius 3 is 2.83 bits per heavy atom. The van der Waals surface area contributed by atoms with E-state index in [2.05, 4.69) is 47.5 Å². The van der Waals surface area contributed by atoms with Crippen LogP contribution in [-0.4, -0.2) is 46.1 Å². The maximum atomic E-state index is 4.28. The average Bonchev–Trinajstić information content (AvgIpc) is 2.77. The zero-order valence-corrected chi connectivity index (χ0v) is 12.0. The van der Waals surface area contributed by atoms with Crippen LogP contribution >= 0.6 is 0 Å². The molecule has 0 aromatic carbocycles. The smallest absolute Gasteiger partial charge is 0.0967 e. The summed E-state index contributed by atoms with van der Waals surface area (Å²) in [5.41, 5.74) is 1.09. The molecule has 1 atom stereocenters. The molecule has 1 fully saturated rings. The normalized spacial score (nSPS) is 22.3. The third-order valence-corrected chi connectivity index (χ3v) is 3.53. The van der Waals surface area contributed by atoms with Gasteiger partial charge in [0.15, 0.2) is 0 Å². The Morgan fingerprint density at radius 1 is 1.44 bits per heavy atom. The van der Waals surface area contributed by atoms with E-state index in [0.29, 0.717) is 6.04 Å². The number of piperidine rings is 1. The lowest BCUT2D eigenvalue weighted by atomic mass is 10.1. The van der Waals surface area contributed by atoms with Gasteiger partial charge in [-0.05, 0) is 47.2 Å². The minimum Gasteiger partial charge on any atom is -0.316 e. The van der Waals surface area contributed by atoms with Crippen molar-refractivity contribution in [1.29, 1.82) is 0 Å². The zero-order chi connectivity index (χ0) is 13.2. The predicted octanol–water partition coefficient (Wildman–Crippen LogP) is 1.22. The number of hydrogen-bond donors (Lipinski definition) is 1. The molecule has 102 valence electrons. The lowest BCUT2D eigenvalue weighted by Crippen LogP contribution is -2.43. The number of hydrogen-bond acceptors (Lipinski definition) is 4. The first-order valence-corrected chi connectivity index (χ1v) is 6.80. The van der Waals surface area contributed by atoms with E-state index in [1.165, 1.54) is 19.4 Å². The average molecular weight is 251 g/mol. The van der Waals surface area contributed by atoms with Crippen LogP contribution in [0.25, 0.3) is 0 Å². The topological polar surface area (TPSA) is 46.0 Å². The van der Waals surface area contributed by atoms with Crippen molar-refractivity contribution in [1.82, 2.24) is 25.2 Å². The van der Waals surface area contributed by atoms with Crippen LogP contribution in [0.2, 0.25) is 0 Å². The highest BCUT2D eigenvalue weighted by atomic mass is 15.4. The SMILES string of the molecule is CNC1CCCN(Cc2cn(C(C)(C)C)nn2)C1. The minimum atomic E-state index is 0.0145. The van der Waals surface area contributed by atoms with Crippen LogP contribution in [0.4, 0.5) is 0 Å². The van der Waals surface area contributed by atoms with E-state index in [0.717, 1.165) is 18.8 Å². The lowest BCUT2D eigenvalue weighted by Gasteiger charge is -2.31. The van der Waals surface area contributed by atoms with Gasteiger partial charge in [-0.25, -0.2) is 4.68 Å². The van der Waals surface area contributed by atoms with Crippen LogP contribution in [0.15, 0.2) is 6.20 Å². The molecule has 0 radical (unpaired) electrons. The van der Waals surface area contributed by atoms with Gasteiger partial charge in [-0.1, -0.05) is 5.21 Å². The molecule has 0 saturated carbocycles. The van der Waals surface area contributed by atoms with E-state index in [1.54, 1.807) is 0 Å². The number of nitrogens with zero attached hydrogens (tertiary/aromatic N) is 4. The summed E-state index contributed by atoms with van der Waals surface area (Å²) in [5.74, 6) is 0. The van der Waals surface area contributed by atoms with Gasteiger partial charge in [-0.3, -0.25) is 4.90 Å². The van der Waals surface area contributed by atoms with Crippen LogP contribution < -0.4 is 5.32 Å². The Balaban J connectivity index is 1.95. The second kappa shape index (κ2) is 5.36. The minimum absolute atomic E-state index is 0.0145. The van der Waals surface area contributed by atoms with Crippen molar-refractivity contribution in [3.63, 3.8) is 0 Å². The monoisotopic (exact) mass is 251 g/mol. The predicted molar refractivity (Wildman–Crippen MR) is 72.4 cm³/mol. The first-order valence-electron chi connectivity index (χ1n) is 6.80. The Kier molecular flexibility index (Phi) is 4.02. The molecule has 2 heterocycles. The van der Waals surface area contributed by atoms with Gasteiger partial charge in [0, 0.05) is 19.1 Å². The van der Waals surface area contributed by atoms with E-state index in [9.17, 15) is 0 Å². The molecule has 5 nitrogen and oxygen atoms in total.